The second kappa shape index (κ2) is 6.17. The van der Waals surface area contributed by atoms with Crippen molar-refractivity contribution in [3.8, 4) is 0 Å². The van der Waals surface area contributed by atoms with Gasteiger partial charge in [0.25, 0.3) is 0 Å². The van der Waals surface area contributed by atoms with E-state index in [1.807, 2.05) is 0 Å². The molecule has 0 aromatic rings. The highest BCUT2D eigenvalue weighted by molar-refractivity contribution is 6.06. The predicted octanol–water partition coefficient (Wildman–Crippen LogP) is 0.629. The van der Waals surface area contributed by atoms with Gasteiger partial charge < -0.3 is 5.11 Å². The molecule has 2 rings (SSSR count). The molecule has 1 N–H and O–H groups in total. The van der Waals surface area contributed by atoms with Gasteiger partial charge in [-0.1, -0.05) is 18.9 Å². The number of rotatable bonds is 6. The van der Waals surface area contributed by atoms with Gasteiger partial charge >= 0.3 is 5.97 Å². The summed E-state index contributed by atoms with van der Waals surface area (Å²) in [6.45, 7) is 3.61. The van der Waals surface area contributed by atoms with Crippen molar-refractivity contribution in [2.24, 2.45) is 0 Å². The number of amides is 2. The van der Waals surface area contributed by atoms with Gasteiger partial charge in [-0.05, 0) is 12.8 Å². The van der Waals surface area contributed by atoms with Crippen molar-refractivity contribution in [3.63, 3.8) is 0 Å². The van der Waals surface area contributed by atoms with Gasteiger partial charge in [-0.15, -0.1) is 6.58 Å². The molecule has 2 fully saturated rings. The van der Waals surface area contributed by atoms with Crippen molar-refractivity contribution < 1.29 is 19.5 Å². The first-order chi connectivity index (χ1) is 9.54. The number of carboxylic acid groups (broad SMARTS) is 1. The highest BCUT2D eigenvalue weighted by Crippen LogP contribution is 2.29. The van der Waals surface area contributed by atoms with Crippen molar-refractivity contribution >= 4 is 17.8 Å². The van der Waals surface area contributed by atoms with Gasteiger partial charge in [0.15, 0.2) is 0 Å². The summed E-state index contributed by atoms with van der Waals surface area (Å²) in [6, 6.07) is -0.646. The summed E-state index contributed by atoms with van der Waals surface area (Å²) in [4.78, 5) is 38.3. The fraction of sp³-hybridized carbons (Fsp3) is 0.643. The smallest absolute Gasteiger partial charge is 0.317 e. The first-order valence-electron chi connectivity index (χ1n) is 6.97. The SMILES string of the molecule is C=CCN(CC(=O)O)C1CC(=O)N(C2CCCC2)C1=O. The Balaban J connectivity index is 2.12. The van der Waals surface area contributed by atoms with Gasteiger partial charge in [-0.2, -0.15) is 0 Å². The number of carbonyl (C=O) groups is 3. The number of carbonyl (C=O) groups excluding carboxylic acids is 2. The van der Waals surface area contributed by atoms with Gasteiger partial charge in [0.1, 0.15) is 0 Å². The van der Waals surface area contributed by atoms with Crippen LogP contribution in [0.1, 0.15) is 32.1 Å². The first-order valence-corrected chi connectivity index (χ1v) is 6.97. The molecule has 0 aromatic carbocycles. The van der Waals surface area contributed by atoms with Crippen molar-refractivity contribution in [2.75, 3.05) is 13.1 Å². The molecule has 1 unspecified atom stereocenters. The first kappa shape index (κ1) is 14.7. The maximum Gasteiger partial charge on any atom is 0.317 e. The molecule has 2 aliphatic rings. The van der Waals surface area contributed by atoms with E-state index in [2.05, 4.69) is 6.58 Å². The van der Waals surface area contributed by atoms with E-state index < -0.39 is 12.0 Å². The van der Waals surface area contributed by atoms with E-state index in [4.69, 9.17) is 5.11 Å². The third kappa shape index (κ3) is 2.90. The molecule has 0 spiro atoms. The zero-order valence-electron chi connectivity index (χ0n) is 11.5. The second-order valence-corrected chi connectivity index (χ2v) is 5.37. The summed E-state index contributed by atoms with van der Waals surface area (Å²) in [6.07, 6.45) is 5.44. The van der Waals surface area contributed by atoms with Crippen molar-refractivity contribution in [3.05, 3.63) is 12.7 Å². The molecule has 1 aliphatic heterocycles. The van der Waals surface area contributed by atoms with Crippen LogP contribution in [0.5, 0.6) is 0 Å². The lowest BCUT2D eigenvalue weighted by Crippen LogP contribution is -2.46. The highest BCUT2D eigenvalue weighted by atomic mass is 16.4. The fourth-order valence-corrected chi connectivity index (χ4v) is 3.11. The van der Waals surface area contributed by atoms with E-state index in [-0.39, 0.29) is 37.4 Å². The molecule has 2 amide bonds. The standard InChI is InChI=1S/C14H20N2O4/c1-2-7-15(9-13(18)19)11-8-12(17)16(14(11)20)10-5-3-4-6-10/h2,10-11H,1,3-9H2,(H,18,19). The number of nitrogens with zero attached hydrogens (tertiary/aromatic N) is 2. The van der Waals surface area contributed by atoms with Crippen LogP contribution >= 0.6 is 0 Å². The highest BCUT2D eigenvalue weighted by Gasteiger charge is 2.45. The van der Waals surface area contributed by atoms with Crippen molar-refractivity contribution in [1.82, 2.24) is 9.80 Å². The van der Waals surface area contributed by atoms with E-state index in [1.54, 1.807) is 6.08 Å². The minimum absolute atomic E-state index is 0.00964. The van der Waals surface area contributed by atoms with E-state index in [1.165, 1.54) is 9.80 Å². The Kier molecular flexibility index (Phi) is 4.54. The van der Waals surface area contributed by atoms with Gasteiger partial charge in [0.2, 0.25) is 11.8 Å². The maximum atomic E-state index is 12.4. The Morgan fingerprint density at radius 2 is 2.05 bits per heavy atom. The quantitative estimate of drug-likeness (QED) is 0.570. The third-order valence-corrected chi connectivity index (χ3v) is 3.99. The molecule has 110 valence electrons. The molecule has 1 heterocycles. The van der Waals surface area contributed by atoms with Crippen LogP contribution in [-0.4, -0.2) is 57.9 Å². The van der Waals surface area contributed by atoms with Crippen LogP contribution in [0, 0.1) is 0 Å². The van der Waals surface area contributed by atoms with Crippen LogP contribution in [0.2, 0.25) is 0 Å². The molecule has 6 heteroatoms. The fourth-order valence-electron chi connectivity index (χ4n) is 3.11. The Morgan fingerprint density at radius 3 is 2.60 bits per heavy atom. The molecule has 1 saturated carbocycles. The molecule has 0 aromatic heterocycles. The van der Waals surface area contributed by atoms with Crippen LogP contribution in [0.15, 0.2) is 12.7 Å². The molecular formula is C14H20N2O4. The minimum atomic E-state index is -1.01. The van der Waals surface area contributed by atoms with Crippen LogP contribution in [0.3, 0.4) is 0 Å². The van der Waals surface area contributed by atoms with Crippen LogP contribution in [0.4, 0.5) is 0 Å². The molecule has 0 radical (unpaired) electrons. The molecule has 6 nitrogen and oxygen atoms in total. The molecular weight excluding hydrogens is 260 g/mol. The van der Waals surface area contributed by atoms with Crippen LogP contribution in [-0.2, 0) is 14.4 Å². The van der Waals surface area contributed by atoms with Gasteiger partial charge in [-0.3, -0.25) is 24.2 Å². The Hall–Kier alpha value is -1.69. The molecule has 1 saturated heterocycles. The number of hydrogen-bond donors (Lipinski definition) is 1. The summed E-state index contributed by atoms with van der Waals surface area (Å²) in [7, 11) is 0. The average molecular weight is 280 g/mol. The number of imide groups is 1. The second-order valence-electron chi connectivity index (χ2n) is 5.37. The number of aliphatic carboxylic acids is 1. The van der Waals surface area contributed by atoms with E-state index >= 15 is 0 Å². The molecule has 1 aliphatic carbocycles. The summed E-state index contributed by atoms with van der Waals surface area (Å²) < 4.78 is 0. The molecule has 1 atom stereocenters. The third-order valence-electron chi connectivity index (χ3n) is 3.99. The lowest BCUT2D eigenvalue weighted by molar-refractivity contribution is -0.142. The van der Waals surface area contributed by atoms with Crippen LogP contribution < -0.4 is 0 Å². The number of likely N-dealkylation sites (tertiary alicyclic amines) is 1. The average Bonchev–Trinajstić information content (AvgIpc) is 2.96. The van der Waals surface area contributed by atoms with E-state index in [9.17, 15) is 14.4 Å². The minimum Gasteiger partial charge on any atom is -0.480 e. The number of hydrogen-bond acceptors (Lipinski definition) is 4. The summed E-state index contributed by atoms with van der Waals surface area (Å²) >= 11 is 0. The lowest BCUT2D eigenvalue weighted by atomic mass is 10.2. The zero-order chi connectivity index (χ0) is 14.7. The topological polar surface area (TPSA) is 77.9 Å². The maximum absolute atomic E-state index is 12.4. The largest absolute Gasteiger partial charge is 0.480 e. The van der Waals surface area contributed by atoms with Gasteiger partial charge in [0, 0.05) is 12.6 Å². The molecule has 0 bridgehead atoms. The number of carboxylic acids is 1. The Bertz CT molecular complexity index is 429. The van der Waals surface area contributed by atoms with Gasteiger partial charge in [-0.25, -0.2) is 0 Å². The predicted molar refractivity (Wildman–Crippen MR) is 71.9 cm³/mol. The Labute approximate surface area is 118 Å². The molecule has 20 heavy (non-hydrogen) atoms. The van der Waals surface area contributed by atoms with Crippen molar-refractivity contribution in [2.45, 2.75) is 44.2 Å². The Morgan fingerprint density at radius 1 is 1.40 bits per heavy atom. The van der Waals surface area contributed by atoms with Crippen LogP contribution in [0.25, 0.3) is 0 Å². The van der Waals surface area contributed by atoms with Crippen molar-refractivity contribution in [1.29, 1.82) is 0 Å². The normalized spacial score (nSPS) is 23.9. The lowest BCUT2D eigenvalue weighted by Gasteiger charge is -2.26. The monoisotopic (exact) mass is 280 g/mol. The van der Waals surface area contributed by atoms with E-state index in [0.29, 0.717) is 0 Å². The summed E-state index contributed by atoms with van der Waals surface area (Å²) in [5, 5.41) is 8.91. The zero-order valence-corrected chi connectivity index (χ0v) is 11.5. The van der Waals surface area contributed by atoms with Gasteiger partial charge in [0.05, 0.1) is 19.0 Å². The summed E-state index contributed by atoms with van der Waals surface area (Å²) in [5.74, 6) is -1.43. The summed E-state index contributed by atoms with van der Waals surface area (Å²) in [5.41, 5.74) is 0. The van der Waals surface area contributed by atoms with E-state index in [0.717, 1.165) is 25.7 Å².